The number of rotatable bonds is 4. The molecule has 0 aliphatic carbocycles. The predicted molar refractivity (Wildman–Crippen MR) is 91.0 cm³/mol. The number of nitrogens with one attached hydrogen (secondary N) is 2. The molecule has 0 unspecified atom stereocenters. The van der Waals surface area contributed by atoms with Crippen molar-refractivity contribution >= 4 is 39.9 Å². The Morgan fingerprint density at radius 3 is 2.52 bits per heavy atom. The van der Waals surface area contributed by atoms with Crippen LogP contribution >= 0.6 is 22.9 Å². The molecule has 1 heterocycles. The van der Waals surface area contributed by atoms with Gasteiger partial charge in [0.25, 0.3) is 5.91 Å². The zero-order chi connectivity index (χ0) is 17.0. The molecule has 0 fully saturated rings. The van der Waals surface area contributed by atoms with Crippen molar-refractivity contribution in [3.63, 3.8) is 0 Å². The Morgan fingerprint density at radius 2 is 1.91 bits per heavy atom. The molecule has 0 saturated carbocycles. The maximum atomic E-state index is 12.0. The minimum Gasteiger partial charge on any atom is -0.343 e. The van der Waals surface area contributed by atoms with Crippen LogP contribution in [-0.4, -0.2) is 28.6 Å². The number of nitrogens with zero attached hydrogens (tertiary/aromatic N) is 2. The number of hydrogen-bond donors (Lipinski definition) is 2. The average molecular weight is 353 g/mol. The molecule has 0 saturated heterocycles. The lowest BCUT2D eigenvalue weighted by molar-refractivity contribution is -0.115. The quantitative estimate of drug-likeness (QED) is 0.886. The van der Waals surface area contributed by atoms with Crippen molar-refractivity contribution in [3.05, 3.63) is 39.9 Å². The first-order valence-corrected chi connectivity index (χ1v) is 8.13. The summed E-state index contributed by atoms with van der Waals surface area (Å²) in [5, 5.41) is 14.7. The minimum atomic E-state index is -0.404. The summed E-state index contributed by atoms with van der Waals surface area (Å²) in [7, 11) is 0. The SMILES string of the molecule is CC(C)(C)c1nnc(NC(=O)CNC(=O)c2ccccc2Cl)s1. The lowest BCUT2D eigenvalue weighted by Crippen LogP contribution is -2.33. The maximum absolute atomic E-state index is 12.0. The van der Waals surface area contributed by atoms with Crippen LogP contribution in [0.25, 0.3) is 0 Å². The van der Waals surface area contributed by atoms with E-state index < -0.39 is 5.91 Å². The number of benzene rings is 1. The molecule has 2 amide bonds. The third kappa shape index (κ3) is 4.74. The molecular formula is C15H17ClN4O2S. The third-order valence-corrected chi connectivity index (χ3v) is 4.43. The summed E-state index contributed by atoms with van der Waals surface area (Å²) in [6.45, 7) is 5.88. The Hall–Kier alpha value is -1.99. The molecule has 0 bridgehead atoms. The van der Waals surface area contributed by atoms with E-state index in [1.165, 1.54) is 11.3 Å². The molecule has 8 heteroatoms. The van der Waals surface area contributed by atoms with E-state index in [0.29, 0.717) is 15.7 Å². The Bertz CT molecular complexity index is 724. The van der Waals surface area contributed by atoms with Crippen LogP contribution in [0.2, 0.25) is 5.02 Å². The highest BCUT2D eigenvalue weighted by molar-refractivity contribution is 7.15. The predicted octanol–water partition coefficient (Wildman–Crippen LogP) is 2.86. The number of hydrogen-bond acceptors (Lipinski definition) is 5. The van der Waals surface area contributed by atoms with Gasteiger partial charge in [-0.2, -0.15) is 0 Å². The summed E-state index contributed by atoms with van der Waals surface area (Å²) in [5.41, 5.74) is 0.201. The second kappa shape index (κ2) is 7.06. The molecule has 2 aromatic rings. The van der Waals surface area contributed by atoms with Gasteiger partial charge in [-0.15, -0.1) is 10.2 Å². The van der Waals surface area contributed by atoms with Crippen LogP contribution in [0.5, 0.6) is 0 Å². The minimum absolute atomic E-state index is 0.126. The Labute approximate surface area is 143 Å². The Kier molecular flexibility index (Phi) is 5.33. The molecule has 0 spiro atoms. The fourth-order valence-corrected chi connectivity index (χ4v) is 2.68. The highest BCUT2D eigenvalue weighted by atomic mass is 35.5. The summed E-state index contributed by atoms with van der Waals surface area (Å²) in [5.74, 6) is -0.777. The Balaban J connectivity index is 1.89. The molecule has 1 aromatic carbocycles. The summed E-state index contributed by atoms with van der Waals surface area (Å²) in [4.78, 5) is 23.8. The van der Waals surface area contributed by atoms with Crippen LogP contribution in [0.15, 0.2) is 24.3 Å². The molecule has 23 heavy (non-hydrogen) atoms. The van der Waals surface area contributed by atoms with Gasteiger partial charge in [0, 0.05) is 5.41 Å². The van der Waals surface area contributed by atoms with Gasteiger partial charge in [0.1, 0.15) is 5.01 Å². The van der Waals surface area contributed by atoms with Crippen LogP contribution in [0.4, 0.5) is 5.13 Å². The van der Waals surface area contributed by atoms with Crippen molar-refractivity contribution in [1.29, 1.82) is 0 Å². The fraction of sp³-hybridized carbons (Fsp3) is 0.333. The van der Waals surface area contributed by atoms with Crippen molar-refractivity contribution in [2.24, 2.45) is 0 Å². The molecule has 0 aliphatic rings. The van der Waals surface area contributed by atoms with E-state index in [9.17, 15) is 9.59 Å². The molecule has 2 rings (SSSR count). The first-order valence-electron chi connectivity index (χ1n) is 6.94. The number of carbonyl (C=O) groups excluding carboxylic acids is 2. The zero-order valence-electron chi connectivity index (χ0n) is 13.0. The molecule has 1 aromatic heterocycles. The lowest BCUT2D eigenvalue weighted by atomic mass is 9.98. The molecule has 2 N–H and O–H groups in total. The molecule has 6 nitrogen and oxygen atoms in total. The fourth-order valence-electron chi connectivity index (χ4n) is 1.64. The van der Waals surface area contributed by atoms with Gasteiger partial charge in [-0.05, 0) is 12.1 Å². The van der Waals surface area contributed by atoms with E-state index in [2.05, 4.69) is 20.8 Å². The summed E-state index contributed by atoms with van der Waals surface area (Å²) in [6.07, 6.45) is 0. The topological polar surface area (TPSA) is 84.0 Å². The van der Waals surface area contributed by atoms with Crippen LogP contribution in [0, 0.1) is 0 Å². The average Bonchev–Trinajstić information content (AvgIpc) is 2.94. The van der Waals surface area contributed by atoms with Gasteiger partial charge in [-0.3, -0.25) is 14.9 Å². The van der Waals surface area contributed by atoms with Crippen LogP contribution in [-0.2, 0) is 10.2 Å². The van der Waals surface area contributed by atoms with Crippen molar-refractivity contribution < 1.29 is 9.59 Å². The van der Waals surface area contributed by atoms with E-state index >= 15 is 0 Å². The zero-order valence-corrected chi connectivity index (χ0v) is 14.6. The monoisotopic (exact) mass is 352 g/mol. The lowest BCUT2D eigenvalue weighted by Gasteiger charge is -2.12. The van der Waals surface area contributed by atoms with Crippen LogP contribution in [0.1, 0.15) is 36.1 Å². The second-order valence-electron chi connectivity index (χ2n) is 5.87. The van der Waals surface area contributed by atoms with Crippen LogP contribution < -0.4 is 10.6 Å². The van der Waals surface area contributed by atoms with E-state index in [4.69, 9.17) is 11.6 Å². The molecular weight excluding hydrogens is 336 g/mol. The van der Waals surface area contributed by atoms with Crippen LogP contribution in [0.3, 0.4) is 0 Å². The number of anilines is 1. The van der Waals surface area contributed by atoms with Gasteiger partial charge in [0.05, 0.1) is 17.1 Å². The number of amides is 2. The van der Waals surface area contributed by atoms with E-state index in [-0.39, 0.29) is 17.9 Å². The first-order chi connectivity index (χ1) is 10.8. The normalized spacial score (nSPS) is 11.1. The van der Waals surface area contributed by atoms with Crippen molar-refractivity contribution in [1.82, 2.24) is 15.5 Å². The maximum Gasteiger partial charge on any atom is 0.253 e. The smallest absolute Gasteiger partial charge is 0.253 e. The van der Waals surface area contributed by atoms with Crippen molar-refractivity contribution in [2.75, 3.05) is 11.9 Å². The molecule has 0 atom stereocenters. The van der Waals surface area contributed by atoms with Gasteiger partial charge in [0.2, 0.25) is 11.0 Å². The second-order valence-corrected chi connectivity index (χ2v) is 7.26. The largest absolute Gasteiger partial charge is 0.343 e. The standard InChI is InChI=1S/C15H17ClN4O2S/c1-15(2,3)13-19-20-14(23-13)18-11(21)8-17-12(22)9-6-4-5-7-10(9)16/h4-7H,8H2,1-3H3,(H,17,22)(H,18,20,21). The number of aromatic nitrogens is 2. The van der Waals surface area contributed by atoms with Gasteiger partial charge >= 0.3 is 0 Å². The van der Waals surface area contributed by atoms with Crippen molar-refractivity contribution in [2.45, 2.75) is 26.2 Å². The van der Waals surface area contributed by atoms with E-state index in [1.807, 2.05) is 20.8 Å². The summed E-state index contributed by atoms with van der Waals surface area (Å²) in [6, 6.07) is 6.64. The van der Waals surface area contributed by atoms with E-state index in [0.717, 1.165) is 5.01 Å². The van der Waals surface area contributed by atoms with Gasteiger partial charge in [0.15, 0.2) is 0 Å². The van der Waals surface area contributed by atoms with E-state index in [1.54, 1.807) is 24.3 Å². The number of halogens is 1. The van der Waals surface area contributed by atoms with Gasteiger partial charge in [-0.25, -0.2) is 0 Å². The highest BCUT2D eigenvalue weighted by Crippen LogP contribution is 2.27. The summed E-state index contributed by atoms with van der Waals surface area (Å²) < 4.78 is 0. The van der Waals surface area contributed by atoms with Gasteiger partial charge in [-0.1, -0.05) is 55.8 Å². The Morgan fingerprint density at radius 1 is 1.22 bits per heavy atom. The third-order valence-electron chi connectivity index (χ3n) is 2.84. The van der Waals surface area contributed by atoms with Crippen molar-refractivity contribution in [3.8, 4) is 0 Å². The summed E-state index contributed by atoms with van der Waals surface area (Å²) >= 11 is 7.24. The first kappa shape index (κ1) is 17.4. The van der Waals surface area contributed by atoms with Gasteiger partial charge < -0.3 is 5.32 Å². The molecule has 0 aliphatic heterocycles. The molecule has 0 radical (unpaired) electrons. The molecule has 122 valence electrons. The number of carbonyl (C=O) groups is 2. The highest BCUT2D eigenvalue weighted by Gasteiger charge is 2.20.